The van der Waals surface area contributed by atoms with Gasteiger partial charge in [0.05, 0.1) is 0 Å². The number of carbonyl (C=O) groups is 2. The van der Waals surface area contributed by atoms with E-state index in [1.165, 1.54) is 0 Å². The van der Waals surface area contributed by atoms with E-state index < -0.39 is 6.29 Å². The molecule has 2 unspecified atom stereocenters. The van der Waals surface area contributed by atoms with Crippen LogP contribution in [0.15, 0.2) is 89.9 Å². The molecule has 0 aliphatic carbocycles. The van der Waals surface area contributed by atoms with Crippen molar-refractivity contribution in [2.45, 2.75) is 25.7 Å². The van der Waals surface area contributed by atoms with Gasteiger partial charge in [0.2, 0.25) is 11.9 Å². The number of aliphatic imine (C=N–C) groups is 1. The van der Waals surface area contributed by atoms with E-state index in [4.69, 9.17) is 4.74 Å². The average molecular weight is 444 g/mol. The molecule has 0 bridgehead atoms. The Balaban J connectivity index is 1.50. The molecule has 1 heterocycles. The van der Waals surface area contributed by atoms with E-state index in [1.54, 1.807) is 24.3 Å². The number of nitrogens with zero attached hydrogens (tertiary/aromatic N) is 1. The summed E-state index contributed by atoms with van der Waals surface area (Å²) in [6.45, 7) is 1.91. The van der Waals surface area contributed by atoms with Crippen molar-refractivity contribution < 1.29 is 14.3 Å². The Morgan fingerprint density at radius 2 is 1.58 bits per heavy atom. The summed E-state index contributed by atoms with van der Waals surface area (Å²) in [7, 11) is 0. The van der Waals surface area contributed by atoms with Crippen molar-refractivity contribution in [1.29, 1.82) is 0 Å². The van der Waals surface area contributed by atoms with Crippen LogP contribution in [0.2, 0.25) is 0 Å². The van der Waals surface area contributed by atoms with E-state index in [1.807, 2.05) is 67.6 Å². The zero-order valence-electron chi connectivity index (χ0n) is 18.1. The fourth-order valence-corrected chi connectivity index (χ4v) is 3.29. The lowest BCUT2D eigenvalue weighted by molar-refractivity contribution is -0.124. The third kappa shape index (κ3) is 6.41. The number of amides is 2. The predicted octanol–water partition coefficient (Wildman–Crippen LogP) is 3.46. The average Bonchev–Trinajstić information content (AvgIpc) is 2.81. The lowest BCUT2D eigenvalue weighted by atomic mass is 10.2. The third-order valence-corrected chi connectivity index (χ3v) is 4.85. The minimum atomic E-state index is -0.666. The molecule has 3 aromatic rings. The molecule has 8 nitrogen and oxygen atoms in total. The first-order valence-corrected chi connectivity index (χ1v) is 10.6. The molecule has 2 amide bonds. The first-order chi connectivity index (χ1) is 16.0. The van der Waals surface area contributed by atoms with Crippen molar-refractivity contribution in [2.24, 2.45) is 4.99 Å². The van der Waals surface area contributed by atoms with Gasteiger partial charge in [0.15, 0.2) is 6.29 Å². The van der Waals surface area contributed by atoms with Crippen molar-refractivity contribution in [3.8, 4) is 11.5 Å². The van der Waals surface area contributed by atoms with E-state index >= 15 is 0 Å². The largest absolute Gasteiger partial charge is 0.457 e. The molecule has 0 aromatic heterocycles. The molecule has 168 valence electrons. The van der Waals surface area contributed by atoms with Crippen LogP contribution in [0.3, 0.4) is 0 Å². The Morgan fingerprint density at radius 1 is 0.939 bits per heavy atom. The van der Waals surface area contributed by atoms with Gasteiger partial charge in [0.25, 0.3) is 5.91 Å². The van der Waals surface area contributed by atoms with Crippen LogP contribution in [-0.4, -0.2) is 30.1 Å². The SMILES string of the molecule is CC1CC(=O)NC(/N=C(\NC(=O)c2ccccc2)Nc2ccc(Oc3ccccc3)cc2)N1. The monoisotopic (exact) mass is 443 g/mol. The van der Waals surface area contributed by atoms with Crippen LogP contribution in [0.1, 0.15) is 23.7 Å². The van der Waals surface area contributed by atoms with Gasteiger partial charge in [-0.25, -0.2) is 4.99 Å². The molecule has 0 saturated carbocycles. The van der Waals surface area contributed by atoms with Gasteiger partial charge in [-0.05, 0) is 55.5 Å². The van der Waals surface area contributed by atoms with Gasteiger partial charge in [-0.15, -0.1) is 0 Å². The Hall–Kier alpha value is -4.17. The summed E-state index contributed by atoms with van der Waals surface area (Å²) < 4.78 is 5.82. The van der Waals surface area contributed by atoms with Crippen LogP contribution in [0.4, 0.5) is 5.69 Å². The Morgan fingerprint density at radius 3 is 2.24 bits per heavy atom. The van der Waals surface area contributed by atoms with Crippen molar-refractivity contribution in [3.05, 3.63) is 90.5 Å². The number of rotatable bonds is 5. The van der Waals surface area contributed by atoms with Gasteiger partial charge >= 0.3 is 0 Å². The second kappa shape index (κ2) is 10.4. The summed E-state index contributed by atoms with van der Waals surface area (Å²) in [5, 5.41) is 11.9. The highest BCUT2D eigenvalue weighted by Gasteiger charge is 2.23. The maximum Gasteiger partial charge on any atom is 0.257 e. The molecule has 4 N–H and O–H groups in total. The quantitative estimate of drug-likeness (QED) is 0.357. The van der Waals surface area contributed by atoms with Gasteiger partial charge in [-0.3, -0.25) is 20.2 Å². The first-order valence-electron chi connectivity index (χ1n) is 10.6. The van der Waals surface area contributed by atoms with E-state index in [2.05, 4.69) is 26.3 Å². The summed E-state index contributed by atoms with van der Waals surface area (Å²) >= 11 is 0. The number of carbonyl (C=O) groups excluding carboxylic acids is 2. The van der Waals surface area contributed by atoms with Gasteiger partial charge in [-0.1, -0.05) is 36.4 Å². The number of nitrogens with one attached hydrogen (secondary N) is 4. The Bertz CT molecular complexity index is 1120. The minimum Gasteiger partial charge on any atom is -0.457 e. The standard InChI is InChI=1S/C25H25N5O3/c1-17-16-22(31)28-24(26-17)30-25(29-23(32)18-8-4-2-5-9-18)27-19-12-14-21(15-13-19)33-20-10-6-3-7-11-20/h2-15,17,24,26H,16H2,1H3,(H,28,31)(H2,27,29,30,32). The van der Waals surface area contributed by atoms with E-state index in [-0.39, 0.29) is 23.8 Å². The van der Waals surface area contributed by atoms with E-state index in [0.717, 1.165) is 5.75 Å². The van der Waals surface area contributed by atoms with E-state index in [0.29, 0.717) is 23.4 Å². The van der Waals surface area contributed by atoms with Crippen LogP contribution >= 0.6 is 0 Å². The molecular weight excluding hydrogens is 418 g/mol. The van der Waals surface area contributed by atoms with Gasteiger partial charge in [-0.2, -0.15) is 0 Å². The molecule has 0 spiro atoms. The van der Waals surface area contributed by atoms with Gasteiger partial charge in [0, 0.05) is 23.7 Å². The fraction of sp³-hybridized carbons (Fsp3) is 0.160. The Labute approximate surface area is 192 Å². The summed E-state index contributed by atoms with van der Waals surface area (Å²) in [5.41, 5.74) is 1.19. The van der Waals surface area contributed by atoms with E-state index in [9.17, 15) is 9.59 Å². The summed E-state index contributed by atoms with van der Waals surface area (Å²) in [5.74, 6) is 1.19. The second-order valence-electron chi connectivity index (χ2n) is 7.60. The van der Waals surface area contributed by atoms with Gasteiger partial charge in [0.1, 0.15) is 11.5 Å². The molecular formula is C25H25N5O3. The van der Waals surface area contributed by atoms with Crippen LogP contribution < -0.4 is 26.0 Å². The van der Waals surface area contributed by atoms with Crippen LogP contribution in [-0.2, 0) is 4.79 Å². The minimum absolute atomic E-state index is 0.0343. The number of ether oxygens (including phenoxy) is 1. The van der Waals surface area contributed by atoms with Crippen molar-refractivity contribution in [1.82, 2.24) is 16.0 Å². The van der Waals surface area contributed by atoms with Crippen LogP contribution in [0.25, 0.3) is 0 Å². The van der Waals surface area contributed by atoms with Crippen molar-refractivity contribution in [2.75, 3.05) is 5.32 Å². The molecule has 0 radical (unpaired) electrons. The lowest BCUT2D eigenvalue weighted by Gasteiger charge is -2.27. The first kappa shape index (κ1) is 22.0. The predicted molar refractivity (Wildman–Crippen MR) is 127 cm³/mol. The Kier molecular flexibility index (Phi) is 6.96. The highest BCUT2D eigenvalue weighted by atomic mass is 16.5. The highest BCUT2D eigenvalue weighted by Crippen LogP contribution is 2.22. The number of guanidine groups is 1. The van der Waals surface area contributed by atoms with Crippen LogP contribution in [0, 0.1) is 0 Å². The third-order valence-electron chi connectivity index (χ3n) is 4.85. The number of para-hydroxylation sites is 1. The zero-order chi connectivity index (χ0) is 23.0. The maximum atomic E-state index is 12.7. The fourth-order valence-electron chi connectivity index (χ4n) is 3.29. The second-order valence-corrected chi connectivity index (χ2v) is 7.60. The molecule has 1 aliphatic rings. The summed E-state index contributed by atoms with van der Waals surface area (Å²) in [6, 6.07) is 25.6. The molecule has 4 rings (SSSR count). The number of hydrogen-bond acceptors (Lipinski definition) is 5. The lowest BCUT2D eigenvalue weighted by Crippen LogP contribution is -2.55. The number of hydrogen-bond donors (Lipinski definition) is 4. The highest BCUT2D eigenvalue weighted by molar-refractivity contribution is 6.10. The number of anilines is 1. The zero-order valence-corrected chi connectivity index (χ0v) is 18.1. The maximum absolute atomic E-state index is 12.7. The topological polar surface area (TPSA) is 104 Å². The molecule has 3 aromatic carbocycles. The molecule has 2 atom stereocenters. The van der Waals surface area contributed by atoms with Crippen molar-refractivity contribution >= 4 is 23.5 Å². The smallest absolute Gasteiger partial charge is 0.257 e. The van der Waals surface area contributed by atoms with Gasteiger partial charge < -0.3 is 15.4 Å². The summed E-state index contributed by atoms with van der Waals surface area (Å²) in [4.78, 5) is 29.1. The molecule has 1 aliphatic heterocycles. The molecule has 1 fully saturated rings. The summed E-state index contributed by atoms with van der Waals surface area (Å²) in [6.07, 6.45) is -0.297. The normalized spacial score (nSPS) is 18.2. The number of benzene rings is 3. The van der Waals surface area contributed by atoms with Crippen LogP contribution in [0.5, 0.6) is 11.5 Å². The molecule has 8 heteroatoms. The molecule has 33 heavy (non-hydrogen) atoms. The molecule has 1 saturated heterocycles. The van der Waals surface area contributed by atoms with Crippen molar-refractivity contribution in [3.63, 3.8) is 0 Å².